The number of nitrogens with one attached hydrogen (secondary N) is 1. The van der Waals surface area contributed by atoms with E-state index in [2.05, 4.69) is 30.4 Å². The van der Waals surface area contributed by atoms with Crippen LogP contribution in [0.25, 0.3) is 28.1 Å². The number of halogens is 1. The Balaban J connectivity index is 1.50. The number of benzene rings is 1. The van der Waals surface area contributed by atoms with Crippen LogP contribution in [0.3, 0.4) is 0 Å². The van der Waals surface area contributed by atoms with Gasteiger partial charge < -0.3 is 5.32 Å². The fourth-order valence-electron chi connectivity index (χ4n) is 2.80. The summed E-state index contributed by atoms with van der Waals surface area (Å²) in [5.41, 5.74) is 3.15. The van der Waals surface area contributed by atoms with E-state index in [1.165, 1.54) is 17.7 Å². The zero-order chi connectivity index (χ0) is 18.9. The lowest BCUT2D eigenvalue weighted by molar-refractivity contribution is 0.895. The van der Waals surface area contributed by atoms with Crippen molar-refractivity contribution in [2.75, 3.05) is 5.32 Å². The number of pyridine rings is 1. The summed E-state index contributed by atoms with van der Waals surface area (Å²) >= 11 is 7.59. The Morgan fingerprint density at radius 3 is 2.82 bits per heavy atom. The minimum Gasteiger partial charge on any atom is -0.315 e. The maximum absolute atomic E-state index is 6.11. The van der Waals surface area contributed by atoms with E-state index in [4.69, 9.17) is 11.6 Å². The predicted octanol–water partition coefficient (Wildman–Crippen LogP) is 4.73. The van der Waals surface area contributed by atoms with Gasteiger partial charge in [0, 0.05) is 16.6 Å². The molecular weight excluding hydrogens is 394 g/mol. The maximum Gasteiger partial charge on any atom is 0.188 e. The third kappa shape index (κ3) is 3.08. The molecule has 0 bridgehead atoms. The molecule has 0 fully saturated rings. The van der Waals surface area contributed by atoms with Gasteiger partial charge in [0.25, 0.3) is 0 Å². The van der Waals surface area contributed by atoms with E-state index in [0.29, 0.717) is 16.5 Å². The molecule has 4 heterocycles. The van der Waals surface area contributed by atoms with Crippen molar-refractivity contribution >= 4 is 44.9 Å². The molecule has 0 unspecified atom stereocenters. The molecule has 0 amide bonds. The highest BCUT2D eigenvalue weighted by Gasteiger charge is 2.13. The molecule has 1 aromatic carbocycles. The van der Waals surface area contributed by atoms with Crippen LogP contribution in [0, 0.1) is 0 Å². The molecule has 1 N–H and O–H groups in total. The van der Waals surface area contributed by atoms with Crippen LogP contribution in [0.5, 0.6) is 0 Å². The first kappa shape index (κ1) is 16.8. The van der Waals surface area contributed by atoms with E-state index in [1.807, 2.05) is 47.8 Å². The molecule has 0 aliphatic carbocycles. The molecule has 0 saturated heterocycles. The van der Waals surface area contributed by atoms with Crippen LogP contribution < -0.4 is 5.32 Å². The topological polar surface area (TPSA) is 81.4 Å². The van der Waals surface area contributed by atoms with Gasteiger partial charge in [0.1, 0.15) is 17.8 Å². The second-order valence-corrected chi connectivity index (χ2v) is 7.17. The van der Waals surface area contributed by atoms with E-state index < -0.39 is 0 Å². The van der Waals surface area contributed by atoms with Crippen molar-refractivity contribution in [2.24, 2.45) is 0 Å². The summed E-state index contributed by atoms with van der Waals surface area (Å²) in [6, 6.07) is 13.2. The molecular formula is C19H12ClN7S. The van der Waals surface area contributed by atoms with Gasteiger partial charge in [-0.2, -0.15) is 5.10 Å². The van der Waals surface area contributed by atoms with E-state index >= 15 is 0 Å². The smallest absolute Gasteiger partial charge is 0.188 e. The number of aromatic nitrogens is 6. The second kappa shape index (κ2) is 6.99. The minimum absolute atomic E-state index is 0.637. The van der Waals surface area contributed by atoms with Gasteiger partial charge in [0.15, 0.2) is 10.8 Å². The summed E-state index contributed by atoms with van der Waals surface area (Å²) in [7, 11) is 0. The van der Waals surface area contributed by atoms with Gasteiger partial charge in [-0.1, -0.05) is 23.7 Å². The number of hydrogen-bond donors (Lipinski definition) is 1. The average Bonchev–Trinajstić information content (AvgIpc) is 3.36. The fourth-order valence-corrected chi connectivity index (χ4v) is 3.69. The number of thiazole rings is 1. The molecule has 0 spiro atoms. The maximum atomic E-state index is 6.11. The van der Waals surface area contributed by atoms with Crippen LogP contribution in [-0.4, -0.2) is 29.7 Å². The third-order valence-corrected chi connectivity index (χ3v) is 5.07. The standard InChI is InChI=1S/C19H12ClN7S/c20-12-4-3-5-13(8-12)27-18-14(9-24-27)17(22-11-23-18)26-19-25-16(10-28-19)15-6-1-2-7-21-15/h1-11H,(H,22,23,25,26). The van der Waals surface area contributed by atoms with Gasteiger partial charge in [-0.15, -0.1) is 11.3 Å². The summed E-state index contributed by atoms with van der Waals surface area (Å²) in [6.07, 6.45) is 4.98. The van der Waals surface area contributed by atoms with Crippen LogP contribution in [0.1, 0.15) is 0 Å². The summed E-state index contributed by atoms with van der Waals surface area (Å²) in [4.78, 5) is 17.7. The minimum atomic E-state index is 0.637. The van der Waals surface area contributed by atoms with Crippen LogP contribution in [0.4, 0.5) is 10.9 Å². The molecule has 28 heavy (non-hydrogen) atoms. The van der Waals surface area contributed by atoms with E-state index in [1.54, 1.807) is 17.1 Å². The Kier molecular flexibility index (Phi) is 4.19. The first-order valence-electron chi connectivity index (χ1n) is 8.36. The summed E-state index contributed by atoms with van der Waals surface area (Å²) in [6.45, 7) is 0. The summed E-state index contributed by atoms with van der Waals surface area (Å²) in [5, 5.41) is 11.8. The molecule has 0 aliphatic heterocycles. The molecule has 5 rings (SSSR count). The number of rotatable bonds is 4. The molecule has 0 atom stereocenters. The van der Waals surface area contributed by atoms with Crippen molar-refractivity contribution in [1.82, 2.24) is 29.7 Å². The lowest BCUT2D eigenvalue weighted by Gasteiger charge is -2.05. The van der Waals surface area contributed by atoms with Crippen LogP contribution >= 0.6 is 22.9 Å². The normalized spacial score (nSPS) is 11.0. The van der Waals surface area contributed by atoms with E-state index in [9.17, 15) is 0 Å². The van der Waals surface area contributed by atoms with Gasteiger partial charge in [0.05, 0.1) is 23.0 Å². The van der Waals surface area contributed by atoms with Gasteiger partial charge in [-0.05, 0) is 30.3 Å². The van der Waals surface area contributed by atoms with Crippen molar-refractivity contribution < 1.29 is 0 Å². The molecule has 0 saturated carbocycles. The molecule has 136 valence electrons. The highest BCUT2D eigenvalue weighted by molar-refractivity contribution is 7.14. The second-order valence-electron chi connectivity index (χ2n) is 5.87. The van der Waals surface area contributed by atoms with Crippen molar-refractivity contribution in [1.29, 1.82) is 0 Å². The largest absolute Gasteiger partial charge is 0.315 e. The highest BCUT2D eigenvalue weighted by atomic mass is 35.5. The van der Waals surface area contributed by atoms with Crippen molar-refractivity contribution in [3.8, 4) is 17.1 Å². The van der Waals surface area contributed by atoms with Crippen LogP contribution in [0.15, 0.2) is 66.6 Å². The monoisotopic (exact) mass is 405 g/mol. The molecule has 5 aromatic rings. The Morgan fingerprint density at radius 1 is 1.00 bits per heavy atom. The molecule has 0 aliphatic rings. The number of fused-ring (bicyclic) bond motifs is 1. The Labute approximate surface area is 168 Å². The van der Waals surface area contributed by atoms with Gasteiger partial charge >= 0.3 is 0 Å². The van der Waals surface area contributed by atoms with Crippen molar-refractivity contribution in [3.05, 3.63) is 71.6 Å². The zero-order valence-corrected chi connectivity index (χ0v) is 15.9. The van der Waals surface area contributed by atoms with Crippen molar-refractivity contribution in [3.63, 3.8) is 0 Å². The first-order chi connectivity index (χ1) is 13.8. The highest BCUT2D eigenvalue weighted by Crippen LogP contribution is 2.29. The molecule has 9 heteroatoms. The molecule has 0 radical (unpaired) electrons. The van der Waals surface area contributed by atoms with Crippen LogP contribution in [-0.2, 0) is 0 Å². The van der Waals surface area contributed by atoms with Crippen molar-refractivity contribution in [2.45, 2.75) is 0 Å². The quantitative estimate of drug-likeness (QED) is 0.465. The SMILES string of the molecule is Clc1cccc(-n2ncc3c(Nc4nc(-c5ccccn5)cs4)ncnc32)c1. The predicted molar refractivity (Wildman–Crippen MR) is 110 cm³/mol. The van der Waals surface area contributed by atoms with Crippen LogP contribution in [0.2, 0.25) is 5.02 Å². The average molecular weight is 406 g/mol. The number of anilines is 2. The lowest BCUT2D eigenvalue weighted by atomic mass is 10.3. The third-order valence-electron chi connectivity index (χ3n) is 4.08. The van der Waals surface area contributed by atoms with E-state index in [0.717, 1.165) is 27.6 Å². The summed E-state index contributed by atoms with van der Waals surface area (Å²) < 4.78 is 1.73. The first-order valence-corrected chi connectivity index (χ1v) is 9.62. The fraction of sp³-hybridized carbons (Fsp3) is 0. The zero-order valence-electron chi connectivity index (χ0n) is 14.3. The van der Waals surface area contributed by atoms with E-state index in [-0.39, 0.29) is 0 Å². The summed E-state index contributed by atoms with van der Waals surface area (Å²) in [5.74, 6) is 0.639. The molecule has 4 aromatic heterocycles. The molecule has 7 nitrogen and oxygen atoms in total. The van der Waals surface area contributed by atoms with Gasteiger partial charge in [-0.3, -0.25) is 4.98 Å². The Morgan fingerprint density at radius 2 is 1.96 bits per heavy atom. The number of nitrogens with zero attached hydrogens (tertiary/aromatic N) is 6. The Bertz CT molecular complexity index is 1270. The van der Waals surface area contributed by atoms with Gasteiger partial charge in [0.2, 0.25) is 0 Å². The lowest BCUT2D eigenvalue weighted by Crippen LogP contribution is -1.99. The Hall–Kier alpha value is -3.36. The van der Waals surface area contributed by atoms with Gasteiger partial charge in [-0.25, -0.2) is 19.6 Å². The number of hydrogen-bond acceptors (Lipinski definition) is 7.